The Morgan fingerprint density at radius 3 is 2.65 bits per heavy atom. The van der Waals surface area contributed by atoms with Crippen molar-refractivity contribution in [1.82, 2.24) is 0 Å². The first-order valence-electron chi connectivity index (χ1n) is 4.43. The van der Waals surface area contributed by atoms with Crippen LogP contribution >= 0.6 is 22.6 Å². The molecule has 90 valence electrons. The van der Waals surface area contributed by atoms with Crippen LogP contribution in [0, 0.1) is 12.3 Å². The molecule has 1 aromatic rings. The summed E-state index contributed by atoms with van der Waals surface area (Å²) in [6, 6.07) is 4.37. The minimum absolute atomic E-state index is 0.0711. The molecule has 0 radical (unpaired) electrons. The van der Waals surface area contributed by atoms with Crippen LogP contribution in [0.15, 0.2) is 24.3 Å². The molecule has 0 aliphatic rings. The average molecular weight is 353 g/mol. The van der Waals surface area contributed by atoms with Gasteiger partial charge in [-0.15, -0.1) is 6.42 Å². The Balaban J connectivity index is 2.88. The molecule has 0 fully saturated rings. The summed E-state index contributed by atoms with van der Waals surface area (Å²) in [7, 11) is 0. The molecule has 0 bridgehead atoms. The average Bonchev–Trinajstić information content (AvgIpc) is 2.27. The molecule has 0 aliphatic carbocycles. The van der Waals surface area contributed by atoms with E-state index in [4.69, 9.17) is 6.42 Å². The predicted molar refractivity (Wildman–Crippen MR) is 66.7 cm³/mol. The molecule has 1 rings (SSSR count). The van der Waals surface area contributed by atoms with Crippen LogP contribution in [-0.4, -0.2) is 9.83 Å². The summed E-state index contributed by atoms with van der Waals surface area (Å²) in [6.07, 6.45) is 0.593. The second-order valence-electron chi connectivity index (χ2n) is 3.10. The molecule has 6 heteroatoms. The van der Waals surface area contributed by atoms with Gasteiger partial charge in [-0.2, -0.15) is 13.2 Å². The second-order valence-corrected chi connectivity index (χ2v) is 4.34. The maximum atomic E-state index is 12.4. The highest BCUT2D eigenvalue weighted by Crippen LogP contribution is 2.30. The lowest BCUT2D eigenvalue weighted by Crippen LogP contribution is -2.21. The van der Waals surface area contributed by atoms with Crippen molar-refractivity contribution in [2.75, 3.05) is 5.32 Å². The van der Waals surface area contributed by atoms with E-state index in [1.54, 1.807) is 22.6 Å². The molecule has 0 aromatic heterocycles. The Labute approximate surface area is 110 Å². The molecular formula is C11H7F3INO. The van der Waals surface area contributed by atoms with Crippen LogP contribution in [0.3, 0.4) is 0 Å². The number of terminal acetylenes is 1. The zero-order valence-corrected chi connectivity index (χ0v) is 10.5. The number of alkyl halides is 4. The van der Waals surface area contributed by atoms with Gasteiger partial charge in [0.25, 0.3) is 0 Å². The molecule has 0 spiro atoms. The van der Waals surface area contributed by atoms with Gasteiger partial charge in [0.05, 0.1) is 5.56 Å². The summed E-state index contributed by atoms with van der Waals surface area (Å²) in [6.45, 7) is 0. The number of carbonyl (C=O) groups excluding carboxylic acids is 1. The van der Waals surface area contributed by atoms with Crippen LogP contribution in [-0.2, 0) is 11.0 Å². The van der Waals surface area contributed by atoms with Crippen molar-refractivity contribution in [3.05, 3.63) is 29.8 Å². The first kappa shape index (κ1) is 13.8. The molecule has 1 amide bonds. The van der Waals surface area contributed by atoms with Crippen LogP contribution < -0.4 is 5.32 Å². The maximum Gasteiger partial charge on any atom is 0.416 e. The largest absolute Gasteiger partial charge is 0.416 e. The quantitative estimate of drug-likeness (QED) is 0.494. The van der Waals surface area contributed by atoms with Crippen molar-refractivity contribution in [3.63, 3.8) is 0 Å². The number of nitrogens with one attached hydrogen (secondary N) is 1. The van der Waals surface area contributed by atoms with E-state index in [-0.39, 0.29) is 5.69 Å². The smallest absolute Gasteiger partial charge is 0.324 e. The number of hydrogen-bond donors (Lipinski definition) is 1. The molecule has 0 aliphatic heterocycles. The SMILES string of the molecule is C#CC(I)C(=O)Nc1cccc(C(F)(F)F)c1. The van der Waals surface area contributed by atoms with Gasteiger partial charge in [0.15, 0.2) is 3.92 Å². The van der Waals surface area contributed by atoms with Gasteiger partial charge < -0.3 is 5.32 Å². The molecule has 1 unspecified atom stereocenters. The first-order valence-corrected chi connectivity index (χ1v) is 5.67. The van der Waals surface area contributed by atoms with Crippen LogP contribution in [0.4, 0.5) is 18.9 Å². The first-order chi connectivity index (χ1) is 7.84. The molecule has 1 atom stereocenters. The molecule has 1 aromatic carbocycles. The highest BCUT2D eigenvalue weighted by atomic mass is 127. The van der Waals surface area contributed by atoms with Gasteiger partial charge in [-0.05, 0) is 18.2 Å². The van der Waals surface area contributed by atoms with Crippen LogP contribution in [0.25, 0.3) is 0 Å². The summed E-state index contributed by atoms with van der Waals surface area (Å²) < 4.78 is 36.4. The Kier molecular flexibility index (Phi) is 4.40. The number of benzene rings is 1. The van der Waals surface area contributed by atoms with E-state index in [1.807, 2.05) is 0 Å². The zero-order valence-electron chi connectivity index (χ0n) is 8.38. The Morgan fingerprint density at radius 2 is 2.12 bits per heavy atom. The lowest BCUT2D eigenvalue weighted by atomic mass is 10.2. The van der Waals surface area contributed by atoms with Gasteiger partial charge in [0, 0.05) is 5.69 Å². The second kappa shape index (κ2) is 5.40. The van der Waals surface area contributed by atoms with Crippen LogP contribution in [0.2, 0.25) is 0 Å². The maximum absolute atomic E-state index is 12.4. The van der Waals surface area contributed by atoms with Gasteiger partial charge in [-0.25, -0.2) is 0 Å². The number of halogens is 4. The fourth-order valence-corrected chi connectivity index (χ4v) is 1.21. The Bertz CT molecular complexity index is 465. The van der Waals surface area contributed by atoms with Crippen molar-refractivity contribution >= 4 is 34.2 Å². The van der Waals surface area contributed by atoms with Crippen molar-refractivity contribution in [1.29, 1.82) is 0 Å². The third kappa shape index (κ3) is 3.93. The Morgan fingerprint density at radius 1 is 1.47 bits per heavy atom. The minimum atomic E-state index is -4.43. The fraction of sp³-hybridized carbons (Fsp3) is 0.182. The highest BCUT2D eigenvalue weighted by molar-refractivity contribution is 14.1. The van der Waals surface area contributed by atoms with E-state index in [1.165, 1.54) is 12.1 Å². The predicted octanol–water partition coefficient (Wildman–Crippen LogP) is 3.08. The van der Waals surface area contributed by atoms with Crippen molar-refractivity contribution < 1.29 is 18.0 Å². The van der Waals surface area contributed by atoms with Gasteiger partial charge >= 0.3 is 6.18 Å². The molecular weight excluding hydrogens is 346 g/mol. The third-order valence-electron chi connectivity index (χ3n) is 1.83. The number of anilines is 1. The number of amides is 1. The summed E-state index contributed by atoms with van der Waals surface area (Å²) in [5.74, 6) is 1.66. The third-order valence-corrected chi connectivity index (χ3v) is 2.76. The van der Waals surface area contributed by atoms with Gasteiger partial charge in [0.2, 0.25) is 5.91 Å². The van der Waals surface area contributed by atoms with E-state index in [0.29, 0.717) is 0 Å². The Hall–Kier alpha value is -1.23. The monoisotopic (exact) mass is 353 g/mol. The van der Waals surface area contributed by atoms with E-state index >= 15 is 0 Å². The summed E-state index contributed by atoms with van der Waals surface area (Å²) >= 11 is 1.71. The summed E-state index contributed by atoms with van der Waals surface area (Å²) in [5, 5.41) is 2.32. The van der Waals surface area contributed by atoms with Crippen molar-refractivity contribution in [3.8, 4) is 12.3 Å². The van der Waals surface area contributed by atoms with E-state index in [0.717, 1.165) is 12.1 Å². The van der Waals surface area contributed by atoms with Gasteiger partial charge in [-0.3, -0.25) is 4.79 Å². The molecule has 17 heavy (non-hydrogen) atoms. The van der Waals surface area contributed by atoms with E-state index < -0.39 is 21.6 Å². The van der Waals surface area contributed by atoms with Crippen LogP contribution in [0.5, 0.6) is 0 Å². The standard InChI is InChI=1S/C11H7F3INO/c1-2-9(15)10(17)16-8-5-3-4-7(6-8)11(12,13)14/h1,3-6,9H,(H,16,17). The fourth-order valence-electron chi connectivity index (χ4n) is 1.05. The normalized spacial score (nSPS) is 12.6. The minimum Gasteiger partial charge on any atom is -0.324 e. The number of hydrogen-bond acceptors (Lipinski definition) is 1. The highest BCUT2D eigenvalue weighted by Gasteiger charge is 2.30. The molecule has 0 heterocycles. The lowest BCUT2D eigenvalue weighted by molar-refractivity contribution is -0.137. The molecule has 2 nitrogen and oxygen atoms in total. The summed E-state index contributed by atoms with van der Waals surface area (Å²) in [5.41, 5.74) is -0.747. The number of carbonyl (C=O) groups is 1. The summed E-state index contributed by atoms with van der Waals surface area (Å²) in [4.78, 5) is 11.4. The van der Waals surface area contributed by atoms with E-state index in [9.17, 15) is 18.0 Å². The topological polar surface area (TPSA) is 29.1 Å². The molecule has 0 saturated carbocycles. The van der Waals surface area contributed by atoms with Crippen molar-refractivity contribution in [2.45, 2.75) is 10.1 Å². The van der Waals surface area contributed by atoms with E-state index in [2.05, 4.69) is 11.2 Å². The zero-order chi connectivity index (χ0) is 13.1. The molecule has 0 saturated heterocycles. The van der Waals surface area contributed by atoms with Gasteiger partial charge in [-0.1, -0.05) is 34.6 Å². The van der Waals surface area contributed by atoms with Crippen LogP contribution in [0.1, 0.15) is 5.56 Å². The molecule has 1 N–H and O–H groups in total. The van der Waals surface area contributed by atoms with Crippen molar-refractivity contribution in [2.24, 2.45) is 0 Å². The number of rotatable bonds is 2. The lowest BCUT2D eigenvalue weighted by Gasteiger charge is -2.10. The van der Waals surface area contributed by atoms with Gasteiger partial charge in [0.1, 0.15) is 0 Å².